The van der Waals surface area contributed by atoms with Crippen LogP contribution in [0.4, 0.5) is 0 Å². The number of aryl methyl sites for hydroxylation is 1. The molecule has 7 nitrogen and oxygen atoms in total. The predicted octanol–water partition coefficient (Wildman–Crippen LogP) is 1.19. The van der Waals surface area contributed by atoms with E-state index in [1.54, 1.807) is 12.1 Å². The number of benzene rings is 1. The van der Waals surface area contributed by atoms with E-state index in [0.29, 0.717) is 12.2 Å². The Morgan fingerprint density at radius 1 is 1.16 bits per heavy atom. The Morgan fingerprint density at radius 2 is 1.92 bits per heavy atom. The van der Waals surface area contributed by atoms with Gasteiger partial charge in [-0.1, -0.05) is 6.07 Å². The largest absolute Gasteiger partial charge is 0.492 e. The van der Waals surface area contributed by atoms with E-state index < -0.39 is 0 Å². The average molecular weight is 340 g/mol. The lowest BCUT2D eigenvalue weighted by Gasteiger charge is -2.34. The van der Waals surface area contributed by atoms with E-state index in [9.17, 15) is 0 Å². The third-order valence-electron chi connectivity index (χ3n) is 4.65. The standard InChI is InChI=1S/C18H24N6O/c1-15-20-21-18(22(15)2)14-24-8-6-23(7-9-24)10-11-25-17-5-3-4-16(12-17)13-19/h3-5,12H,6-11,14H2,1-2H3. The van der Waals surface area contributed by atoms with Gasteiger partial charge in [0.2, 0.25) is 0 Å². The second-order valence-electron chi connectivity index (χ2n) is 6.33. The first-order chi connectivity index (χ1) is 12.2. The molecule has 0 atom stereocenters. The normalized spacial score (nSPS) is 15.9. The fourth-order valence-corrected chi connectivity index (χ4v) is 2.91. The predicted molar refractivity (Wildman–Crippen MR) is 94.1 cm³/mol. The van der Waals surface area contributed by atoms with Crippen LogP contribution in [0.25, 0.3) is 0 Å². The molecule has 2 aromatic rings. The topological polar surface area (TPSA) is 70.2 Å². The van der Waals surface area contributed by atoms with Gasteiger partial charge in [-0.2, -0.15) is 5.26 Å². The highest BCUT2D eigenvalue weighted by molar-refractivity contribution is 5.36. The van der Waals surface area contributed by atoms with Gasteiger partial charge in [0, 0.05) is 39.8 Å². The van der Waals surface area contributed by atoms with Crippen LogP contribution in [-0.4, -0.2) is 63.9 Å². The lowest BCUT2D eigenvalue weighted by molar-refractivity contribution is 0.110. The Hall–Kier alpha value is -2.43. The van der Waals surface area contributed by atoms with Crippen LogP contribution in [0.5, 0.6) is 5.75 Å². The zero-order valence-corrected chi connectivity index (χ0v) is 14.9. The van der Waals surface area contributed by atoms with Crippen molar-refractivity contribution in [2.75, 3.05) is 39.3 Å². The quantitative estimate of drug-likeness (QED) is 0.787. The molecule has 7 heteroatoms. The molecule has 0 radical (unpaired) electrons. The Labute approximate surface area is 148 Å². The monoisotopic (exact) mass is 340 g/mol. The molecule has 0 spiro atoms. The van der Waals surface area contributed by atoms with Crippen molar-refractivity contribution in [3.05, 3.63) is 41.5 Å². The minimum Gasteiger partial charge on any atom is -0.492 e. The third kappa shape index (κ3) is 4.56. The summed E-state index contributed by atoms with van der Waals surface area (Å²) in [5.74, 6) is 2.73. The van der Waals surface area contributed by atoms with Crippen molar-refractivity contribution in [3.8, 4) is 11.8 Å². The molecule has 3 rings (SSSR count). The van der Waals surface area contributed by atoms with Gasteiger partial charge in [-0.15, -0.1) is 10.2 Å². The zero-order chi connectivity index (χ0) is 17.6. The lowest BCUT2D eigenvalue weighted by atomic mass is 10.2. The molecule has 0 bridgehead atoms. The number of nitrogens with zero attached hydrogens (tertiary/aromatic N) is 6. The molecule has 0 amide bonds. The van der Waals surface area contributed by atoms with Gasteiger partial charge >= 0.3 is 0 Å². The minimum absolute atomic E-state index is 0.630. The summed E-state index contributed by atoms with van der Waals surface area (Å²) >= 11 is 0. The molecular formula is C18H24N6O. The highest BCUT2D eigenvalue weighted by Gasteiger charge is 2.18. The Balaban J connectivity index is 1.39. The number of aromatic nitrogens is 3. The molecule has 1 aromatic heterocycles. The van der Waals surface area contributed by atoms with E-state index in [0.717, 1.165) is 56.7 Å². The fraction of sp³-hybridized carbons (Fsp3) is 0.500. The molecule has 0 saturated carbocycles. The van der Waals surface area contributed by atoms with Gasteiger partial charge in [-0.05, 0) is 25.1 Å². The molecule has 132 valence electrons. The number of hydrogen-bond acceptors (Lipinski definition) is 6. The lowest BCUT2D eigenvalue weighted by Crippen LogP contribution is -2.47. The smallest absolute Gasteiger partial charge is 0.146 e. The summed E-state index contributed by atoms with van der Waals surface area (Å²) in [6.45, 7) is 8.46. The highest BCUT2D eigenvalue weighted by atomic mass is 16.5. The second kappa shape index (κ2) is 8.10. The Bertz CT molecular complexity index is 742. The van der Waals surface area contributed by atoms with E-state index in [1.165, 1.54) is 0 Å². The third-order valence-corrected chi connectivity index (χ3v) is 4.65. The average Bonchev–Trinajstić information content (AvgIpc) is 2.95. The van der Waals surface area contributed by atoms with Crippen LogP contribution in [0.1, 0.15) is 17.2 Å². The molecule has 1 aliphatic rings. The molecule has 1 fully saturated rings. The number of hydrogen-bond donors (Lipinski definition) is 0. The van der Waals surface area contributed by atoms with E-state index in [1.807, 2.05) is 26.1 Å². The van der Waals surface area contributed by atoms with E-state index in [4.69, 9.17) is 10.00 Å². The van der Waals surface area contributed by atoms with Crippen LogP contribution in [0.3, 0.4) is 0 Å². The minimum atomic E-state index is 0.630. The summed E-state index contributed by atoms with van der Waals surface area (Å²) < 4.78 is 7.82. The fourth-order valence-electron chi connectivity index (χ4n) is 2.91. The maximum absolute atomic E-state index is 8.91. The van der Waals surface area contributed by atoms with Crippen LogP contribution in [0.2, 0.25) is 0 Å². The van der Waals surface area contributed by atoms with Crippen molar-refractivity contribution >= 4 is 0 Å². The molecular weight excluding hydrogens is 316 g/mol. The number of piperazine rings is 1. The highest BCUT2D eigenvalue weighted by Crippen LogP contribution is 2.13. The first-order valence-electron chi connectivity index (χ1n) is 8.58. The molecule has 0 aliphatic carbocycles. The number of rotatable bonds is 6. The Kier molecular flexibility index (Phi) is 5.64. The summed E-state index contributed by atoms with van der Waals surface area (Å²) in [5, 5.41) is 17.3. The van der Waals surface area contributed by atoms with Gasteiger partial charge in [0.15, 0.2) is 0 Å². The summed E-state index contributed by atoms with van der Waals surface area (Å²) in [6.07, 6.45) is 0. The van der Waals surface area contributed by atoms with Gasteiger partial charge in [-0.25, -0.2) is 0 Å². The van der Waals surface area contributed by atoms with E-state index in [-0.39, 0.29) is 0 Å². The summed E-state index contributed by atoms with van der Waals surface area (Å²) in [5.41, 5.74) is 0.630. The van der Waals surface area contributed by atoms with Gasteiger partial charge in [0.05, 0.1) is 18.2 Å². The van der Waals surface area contributed by atoms with Gasteiger partial charge < -0.3 is 9.30 Å². The number of nitriles is 1. The van der Waals surface area contributed by atoms with E-state index >= 15 is 0 Å². The van der Waals surface area contributed by atoms with Crippen LogP contribution in [-0.2, 0) is 13.6 Å². The molecule has 0 N–H and O–H groups in total. The molecule has 1 aliphatic heterocycles. The molecule has 25 heavy (non-hydrogen) atoms. The molecule has 1 aromatic carbocycles. The SMILES string of the molecule is Cc1nnc(CN2CCN(CCOc3cccc(C#N)c3)CC2)n1C. The summed E-state index contributed by atoms with van der Waals surface area (Å²) in [6, 6.07) is 9.43. The van der Waals surface area contributed by atoms with Crippen LogP contribution in [0.15, 0.2) is 24.3 Å². The van der Waals surface area contributed by atoms with Crippen molar-refractivity contribution in [1.29, 1.82) is 5.26 Å². The van der Waals surface area contributed by atoms with Gasteiger partial charge in [-0.3, -0.25) is 9.80 Å². The number of ether oxygens (including phenoxy) is 1. The zero-order valence-electron chi connectivity index (χ0n) is 14.9. The van der Waals surface area contributed by atoms with Crippen molar-refractivity contribution in [1.82, 2.24) is 24.6 Å². The maximum atomic E-state index is 8.91. The van der Waals surface area contributed by atoms with Crippen LogP contribution in [0, 0.1) is 18.3 Å². The maximum Gasteiger partial charge on any atom is 0.146 e. The van der Waals surface area contributed by atoms with Gasteiger partial charge in [0.1, 0.15) is 24.0 Å². The van der Waals surface area contributed by atoms with Crippen molar-refractivity contribution in [2.45, 2.75) is 13.5 Å². The Morgan fingerprint density at radius 3 is 2.60 bits per heavy atom. The van der Waals surface area contributed by atoms with Crippen molar-refractivity contribution < 1.29 is 4.74 Å². The summed E-state index contributed by atoms with van der Waals surface area (Å²) in [7, 11) is 2.01. The molecule has 0 unspecified atom stereocenters. The van der Waals surface area contributed by atoms with Gasteiger partial charge in [0.25, 0.3) is 0 Å². The van der Waals surface area contributed by atoms with Crippen LogP contribution >= 0.6 is 0 Å². The first-order valence-corrected chi connectivity index (χ1v) is 8.58. The van der Waals surface area contributed by atoms with Crippen LogP contribution < -0.4 is 4.74 Å². The second-order valence-corrected chi connectivity index (χ2v) is 6.33. The first kappa shape index (κ1) is 17.4. The molecule has 2 heterocycles. The van der Waals surface area contributed by atoms with Crippen molar-refractivity contribution in [2.24, 2.45) is 7.05 Å². The molecule has 1 saturated heterocycles. The summed E-state index contributed by atoms with van der Waals surface area (Å²) in [4.78, 5) is 4.82. The van der Waals surface area contributed by atoms with E-state index in [2.05, 4.69) is 30.6 Å². The van der Waals surface area contributed by atoms with Crippen molar-refractivity contribution in [3.63, 3.8) is 0 Å².